The van der Waals surface area contributed by atoms with Gasteiger partial charge in [-0.25, -0.2) is 8.42 Å². The fraction of sp³-hybridized carbons (Fsp3) is 0.318. The second kappa shape index (κ2) is 8.73. The molecule has 0 aliphatic carbocycles. The summed E-state index contributed by atoms with van der Waals surface area (Å²) in [5.74, 6) is 0. The summed E-state index contributed by atoms with van der Waals surface area (Å²) in [5.41, 5.74) is 1.63. The van der Waals surface area contributed by atoms with E-state index in [1.165, 1.54) is 52.5 Å². The van der Waals surface area contributed by atoms with Crippen molar-refractivity contribution >= 4 is 21.0 Å². The molecule has 0 N–H and O–H groups in total. The molecule has 3 aromatic rings. The predicted molar refractivity (Wildman–Crippen MR) is 108 cm³/mol. The lowest BCUT2D eigenvalue weighted by atomic mass is 9.90. The van der Waals surface area contributed by atoms with E-state index in [0.29, 0.717) is 0 Å². The molecule has 0 bridgehead atoms. The molecule has 1 aliphatic rings. The molecule has 0 fully saturated rings. The largest absolute Gasteiger partial charge is 0.741 e. The van der Waals surface area contributed by atoms with E-state index in [1.54, 1.807) is 0 Å². The summed E-state index contributed by atoms with van der Waals surface area (Å²) < 4.78 is 61.4. The maximum Gasteiger partial charge on any atom is 0.485 e. The standard InChI is InChI=1S/C21H22N.CHF3O3S/c1-2-3-7-17-9-6-10-18-14-15-22-19-11-5-4-8-16(19)12-13-20(22)21(17)18;2-1(3,4)8(5,6)7/h4-6,8-13H,2-3,7,14-15H2,1H3;(H,5,6,7)/q+1;/p-1. The number of rotatable bonds is 3. The molecule has 8 heteroatoms. The van der Waals surface area contributed by atoms with E-state index in [-0.39, 0.29) is 0 Å². The van der Waals surface area contributed by atoms with Crippen LogP contribution in [0.2, 0.25) is 0 Å². The normalized spacial score (nSPS) is 13.2. The zero-order chi connectivity index (χ0) is 21.9. The number of unbranched alkanes of at least 4 members (excludes halogenated alkanes) is 1. The maximum absolute atomic E-state index is 10.7. The minimum Gasteiger partial charge on any atom is -0.741 e. The fourth-order valence-corrected chi connectivity index (χ4v) is 3.72. The summed E-state index contributed by atoms with van der Waals surface area (Å²) in [6.45, 7) is 3.35. The third kappa shape index (κ3) is 4.65. The van der Waals surface area contributed by atoms with Crippen molar-refractivity contribution in [3.05, 3.63) is 65.7 Å². The number of nitrogens with zero attached hydrogens (tertiary/aromatic N) is 1. The first-order chi connectivity index (χ1) is 14.1. The van der Waals surface area contributed by atoms with E-state index in [2.05, 4.69) is 66.1 Å². The maximum atomic E-state index is 10.7. The minimum atomic E-state index is -6.09. The van der Waals surface area contributed by atoms with Crippen molar-refractivity contribution in [3.63, 3.8) is 0 Å². The summed E-state index contributed by atoms with van der Waals surface area (Å²) in [6.07, 6.45) is 4.85. The second-order valence-corrected chi connectivity index (χ2v) is 8.50. The van der Waals surface area contributed by atoms with E-state index in [9.17, 15) is 13.2 Å². The van der Waals surface area contributed by atoms with Gasteiger partial charge < -0.3 is 4.55 Å². The van der Waals surface area contributed by atoms with Crippen molar-refractivity contribution in [1.29, 1.82) is 0 Å². The van der Waals surface area contributed by atoms with Crippen LogP contribution < -0.4 is 4.57 Å². The molecule has 2 heterocycles. The summed E-state index contributed by atoms with van der Waals surface area (Å²) in [6, 6.07) is 20.2. The van der Waals surface area contributed by atoms with Crippen molar-refractivity contribution in [2.45, 2.75) is 44.7 Å². The Balaban J connectivity index is 0.000000275. The van der Waals surface area contributed by atoms with Gasteiger partial charge in [-0.15, -0.1) is 0 Å². The highest BCUT2D eigenvalue weighted by molar-refractivity contribution is 7.86. The van der Waals surface area contributed by atoms with Crippen LogP contribution in [0, 0.1) is 0 Å². The lowest BCUT2D eigenvalue weighted by Gasteiger charge is -2.19. The number of benzene rings is 2. The Kier molecular flexibility index (Phi) is 6.47. The minimum absolute atomic E-state index is 1.08. The van der Waals surface area contributed by atoms with Gasteiger partial charge in [-0.1, -0.05) is 43.7 Å². The van der Waals surface area contributed by atoms with Crippen molar-refractivity contribution < 1.29 is 30.7 Å². The quantitative estimate of drug-likeness (QED) is 0.338. The lowest BCUT2D eigenvalue weighted by Crippen LogP contribution is -2.41. The Morgan fingerprint density at radius 3 is 2.40 bits per heavy atom. The first kappa shape index (κ1) is 22.2. The Bertz CT molecular complexity index is 1160. The van der Waals surface area contributed by atoms with Crippen LogP contribution in [0.5, 0.6) is 0 Å². The van der Waals surface area contributed by atoms with Gasteiger partial charge >= 0.3 is 5.51 Å². The molecule has 30 heavy (non-hydrogen) atoms. The summed E-state index contributed by atoms with van der Waals surface area (Å²) >= 11 is 0. The molecule has 2 aromatic carbocycles. The molecule has 0 spiro atoms. The van der Waals surface area contributed by atoms with Crippen LogP contribution in [0.25, 0.3) is 22.2 Å². The Labute approximate surface area is 173 Å². The number of hydrogen-bond donors (Lipinski definition) is 0. The summed E-state index contributed by atoms with van der Waals surface area (Å²) in [5, 5.41) is 1.33. The first-order valence-electron chi connectivity index (χ1n) is 9.68. The first-order valence-corrected chi connectivity index (χ1v) is 11.1. The molecule has 4 rings (SSSR count). The number of para-hydroxylation sites is 1. The highest BCUT2D eigenvalue weighted by atomic mass is 32.2. The molecule has 0 amide bonds. The number of pyridine rings is 1. The van der Waals surface area contributed by atoms with Gasteiger partial charge in [0.2, 0.25) is 11.2 Å². The van der Waals surface area contributed by atoms with Crippen molar-refractivity contribution in [1.82, 2.24) is 0 Å². The lowest BCUT2D eigenvalue weighted by molar-refractivity contribution is -0.661. The average molecular weight is 437 g/mol. The van der Waals surface area contributed by atoms with Crippen molar-refractivity contribution in [3.8, 4) is 11.3 Å². The Morgan fingerprint density at radius 2 is 1.73 bits per heavy atom. The molecular weight excluding hydrogens is 415 g/mol. The zero-order valence-electron chi connectivity index (χ0n) is 16.4. The van der Waals surface area contributed by atoms with E-state index in [4.69, 9.17) is 13.0 Å². The molecule has 1 aliphatic heterocycles. The molecule has 0 radical (unpaired) electrons. The highest BCUT2D eigenvalue weighted by Gasteiger charge is 2.37. The molecule has 0 saturated carbocycles. The molecular formula is C22H22F3NO3S. The van der Waals surface area contributed by atoms with Crippen LogP contribution in [0.15, 0.2) is 54.6 Å². The molecule has 0 atom stereocenters. The predicted octanol–water partition coefficient (Wildman–Crippen LogP) is 4.74. The van der Waals surface area contributed by atoms with Gasteiger partial charge in [0, 0.05) is 23.9 Å². The average Bonchev–Trinajstić information content (AvgIpc) is 2.70. The molecule has 4 nitrogen and oxygen atoms in total. The second-order valence-electron chi connectivity index (χ2n) is 7.13. The van der Waals surface area contributed by atoms with E-state index in [1.807, 2.05) is 0 Å². The third-order valence-corrected chi connectivity index (χ3v) is 5.69. The topological polar surface area (TPSA) is 61.1 Å². The van der Waals surface area contributed by atoms with Crippen molar-refractivity contribution in [2.75, 3.05) is 0 Å². The number of aromatic nitrogens is 1. The van der Waals surface area contributed by atoms with Crippen LogP contribution in [0.3, 0.4) is 0 Å². The SMILES string of the molecule is CCCCc1cccc2c1-c1ccc3ccccc3[n+]1CC2.O=S(=O)([O-])C(F)(F)F. The molecule has 160 valence electrons. The van der Waals surface area contributed by atoms with E-state index < -0.39 is 15.6 Å². The van der Waals surface area contributed by atoms with Gasteiger partial charge in [-0.2, -0.15) is 17.7 Å². The number of aryl methyl sites for hydroxylation is 3. The molecule has 0 unspecified atom stereocenters. The van der Waals surface area contributed by atoms with E-state index in [0.717, 1.165) is 13.0 Å². The van der Waals surface area contributed by atoms with Gasteiger partial charge in [0.15, 0.2) is 16.7 Å². The fourth-order valence-electron chi connectivity index (χ4n) is 3.72. The van der Waals surface area contributed by atoms with Gasteiger partial charge in [0.25, 0.3) is 0 Å². The highest BCUT2D eigenvalue weighted by Crippen LogP contribution is 2.31. The Hall–Kier alpha value is -2.45. The van der Waals surface area contributed by atoms with Crippen LogP contribution in [0.1, 0.15) is 30.9 Å². The third-order valence-electron chi connectivity index (χ3n) is 5.12. The van der Waals surface area contributed by atoms with Gasteiger partial charge in [0.1, 0.15) is 0 Å². The van der Waals surface area contributed by atoms with Crippen LogP contribution in [-0.2, 0) is 29.5 Å². The number of alkyl halides is 3. The van der Waals surface area contributed by atoms with Crippen LogP contribution in [0.4, 0.5) is 13.2 Å². The van der Waals surface area contributed by atoms with Gasteiger partial charge in [0.05, 0.1) is 5.56 Å². The summed E-state index contributed by atoms with van der Waals surface area (Å²) in [7, 11) is -6.09. The Morgan fingerprint density at radius 1 is 1.03 bits per heavy atom. The number of fused-ring (bicyclic) bond motifs is 5. The van der Waals surface area contributed by atoms with Crippen LogP contribution >= 0.6 is 0 Å². The monoisotopic (exact) mass is 437 g/mol. The van der Waals surface area contributed by atoms with E-state index >= 15 is 0 Å². The number of halogens is 3. The zero-order valence-corrected chi connectivity index (χ0v) is 17.3. The van der Waals surface area contributed by atoms with Gasteiger partial charge in [-0.05, 0) is 36.1 Å². The molecule has 1 aromatic heterocycles. The molecule has 0 saturated heterocycles. The smallest absolute Gasteiger partial charge is 0.485 e. The van der Waals surface area contributed by atoms with Crippen LogP contribution in [-0.4, -0.2) is 18.5 Å². The summed E-state index contributed by atoms with van der Waals surface area (Å²) in [4.78, 5) is 0. The van der Waals surface area contributed by atoms with Gasteiger partial charge in [-0.3, -0.25) is 0 Å². The number of hydrogen-bond acceptors (Lipinski definition) is 3. The van der Waals surface area contributed by atoms with Crippen molar-refractivity contribution in [2.24, 2.45) is 0 Å².